The molecule has 1 aliphatic carbocycles. The van der Waals surface area contributed by atoms with Crippen molar-refractivity contribution in [1.29, 1.82) is 0 Å². The van der Waals surface area contributed by atoms with Crippen LogP contribution in [0.15, 0.2) is 73.3 Å². The molecular weight excluding hydrogens is 392 g/mol. The van der Waals surface area contributed by atoms with Crippen molar-refractivity contribution in [3.05, 3.63) is 73.3 Å². The highest BCUT2D eigenvalue weighted by molar-refractivity contribution is 6.98. The summed E-state index contributed by atoms with van der Waals surface area (Å²) >= 11 is 0. The highest BCUT2D eigenvalue weighted by Gasteiger charge is 2.55. The van der Waals surface area contributed by atoms with Crippen molar-refractivity contribution in [2.75, 3.05) is 0 Å². The Balaban J connectivity index is 1.90. The van der Waals surface area contributed by atoms with Crippen LogP contribution in [0.25, 0.3) is 0 Å². The summed E-state index contributed by atoms with van der Waals surface area (Å²) in [6, 6.07) is 20.9. The van der Waals surface area contributed by atoms with E-state index in [-0.39, 0.29) is 15.9 Å². The van der Waals surface area contributed by atoms with Crippen molar-refractivity contribution in [1.82, 2.24) is 0 Å². The summed E-state index contributed by atoms with van der Waals surface area (Å²) in [7, 11) is -2.93. The molecule has 31 heavy (non-hydrogen) atoms. The Kier molecular flexibility index (Phi) is 6.75. The van der Waals surface area contributed by atoms with Gasteiger partial charge in [0.25, 0.3) is 8.32 Å². The van der Waals surface area contributed by atoms with Gasteiger partial charge in [0.1, 0.15) is 0 Å². The van der Waals surface area contributed by atoms with E-state index in [1.54, 1.807) is 0 Å². The molecule has 0 bridgehead atoms. The van der Waals surface area contributed by atoms with Crippen LogP contribution in [0, 0.1) is 22.7 Å². The molecule has 3 atom stereocenters. The van der Waals surface area contributed by atoms with Gasteiger partial charge in [-0.2, -0.15) is 0 Å². The van der Waals surface area contributed by atoms with E-state index in [4.69, 9.17) is 0 Å². The summed E-state index contributed by atoms with van der Waals surface area (Å²) < 4.78 is 0. The molecule has 0 radical (unpaired) electrons. The third-order valence-electron chi connectivity index (χ3n) is 9.34. The van der Waals surface area contributed by atoms with Crippen molar-refractivity contribution in [3.63, 3.8) is 0 Å². The van der Waals surface area contributed by atoms with Crippen LogP contribution < -0.4 is 10.4 Å². The minimum atomic E-state index is -2.93. The molecule has 1 aliphatic rings. The second kappa shape index (κ2) is 8.71. The second-order valence-electron chi connectivity index (χ2n) is 11.3. The summed E-state index contributed by atoms with van der Waals surface area (Å²) in [5.41, 5.74) is 0.548. The summed E-state index contributed by atoms with van der Waals surface area (Å²) in [5.74, 6) is 1.18. The molecule has 168 valence electrons. The monoisotopic (exact) mass is 434 g/mol. The van der Waals surface area contributed by atoms with Crippen molar-refractivity contribution in [3.8, 4) is 0 Å². The molecular formula is C29H42OSi. The van der Waals surface area contributed by atoms with Crippen LogP contribution >= 0.6 is 0 Å². The van der Waals surface area contributed by atoms with Crippen LogP contribution in [-0.2, 0) is 0 Å². The molecule has 0 aliphatic heterocycles. The smallest absolute Gasteiger partial charge is 0.258 e. The summed E-state index contributed by atoms with van der Waals surface area (Å²) in [6.45, 7) is 18.4. The van der Waals surface area contributed by atoms with Gasteiger partial charge in [0.15, 0.2) is 0 Å². The Morgan fingerprint density at radius 3 is 1.97 bits per heavy atom. The highest BCUT2D eigenvalue weighted by atomic mass is 28.4. The van der Waals surface area contributed by atoms with Crippen LogP contribution in [0.3, 0.4) is 0 Å². The van der Waals surface area contributed by atoms with Crippen LogP contribution in [0.4, 0.5) is 0 Å². The van der Waals surface area contributed by atoms with Gasteiger partial charge in [0.2, 0.25) is 0 Å². The second-order valence-corrected chi connectivity index (χ2v) is 15.2. The minimum Gasteiger partial charge on any atom is -0.424 e. The van der Waals surface area contributed by atoms with E-state index in [9.17, 15) is 4.80 Å². The first kappa shape index (κ1) is 24.0. The fourth-order valence-electron chi connectivity index (χ4n) is 6.23. The van der Waals surface area contributed by atoms with E-state index in [2.05, 4.69) is 103 Å². The Morgan fingerprint density at radius 2 is 1.52 bits per heavy atom. The molecule has 0 spiro atoms. The van der Waals surface area contributed by atoms with Gasteiger partial charge < -0.3 is 4.80 Å². The Bertz CT molecular complexity index is 831. The van der Waals surface area contributed by atoms with Gasteiger partial charge in [-0.05, 0) is 63.8 Å². The molecule has 0 aromatic heterocycles. The summed E-state index contributed by atoms with van der Waals surface area (Å²) in [6.07, 6.45) is 6.87. The lowest BCUT2D eigenvalue weighted by molar-refractivity contribution is 0.0481. The molecule has 1 nitrogen and oxygen atoms in total. The molecule has 0 saturated heterocycles. The number of allylic oxidation sites excluding steroid dienone is 1. The van der Waals surface area contributed by atoms with Crippen molar-refractivity contribution >= 4 is 18.7 Å². The van der Waals surface area contributed by atoms with E-state index in [1.165, 1.54) is 12.8 Å². The van der Waals surface area contributed by atoms with E-state index in [1.807, 2.05) is 12.1 Å². The standard InChI is InChI=1S/C29H42OSi/c1-8-23(2)29(7)22-20-24(28(29,5)6)19-21-27(3,4)31(30,25-15-11-9-12-16-25)26-17-13-10-14-18-26/h8-18,23-24,30H,1,19-22H2,2-7H3/t23-,24+,29+/m0/s1. The molecule has 0 unspecified atom stereocenters. The molecule has 1 fully saturated rings. The zero-order valence-corrected chi connectivity index (χ0v) is 21.5. The third kappa shape index (κ3) is 3.98. The average molecular weight is 435 g/mol. The van der Waals surface area contributed by atoms with Gasteiger partial charge >= 0.3 is 0 Å². The lowest BCUT2D eigenvalue weighted by atomic mass is 9.59. The Labute approximate surface area is 191 Å². The van der Waals surface area contributed by atoms with E-state index in [0.717, 1.165) is 23.2 Å². The van der Waals surface area contributed by atoms with Crippen molar-refractivity contribution in [2.24, 2.45) is 22.7 Å². The first-order chi connectivity index (χ1) is 14.5. The van der Waals surface area contributed by atoms with Crippen LogP contribution in [0.5, 0.6) is 0 Å². The molecule has 0 amide bonds. The van der Waals surface area contributed by atoms with Gasteiger partial charge in [0, 0.05) is 0 Å². The number of rotatable bonds is 8. The van der Waals surface area contributed by atoms with Crippen molar-refractivity contribution in [2.45, 2.75) is 72.3 Å². The SMILES string of the molecule is C=C[C@H](C)[C@@]1(C)CC[C@@H](CCC(C)(C)[Si](O)(c2ccccc2)c2ccccc2)C1(C)C. The quantitative estimate of drug-likeness (QED) is 0.368. The maximum absolute atomic E-state index is 12.4. The van der Waals surface area contributed by atoms with E-state index < -0.39 is 8.32 Å². The molecule has 2 heteroatoms. The van der Waals surface area contributed by atoms with Crippen molar-refractivity contribution < 1.29 is 4.80 Å². The van der Waals surface area contributed by atoms with Crippen LogP contribution in [-0.4, -0.2) is 13.1 Å². The molecule has 2 aromatic carbocycles. The van der Waals surface area contributed by atoms with Gasteiger partial charge in [0.05, 0.1) is 0 Å². The Hall–Kier alpha value is -1.64. The predicted octanol–water partition coefficient (Wildman–Crippen LogP) is 6.56. The maximum Gasteiger partial charge on any atom is 0.258 e. The molecule has 2 aromatic rings. The Morgan fingerprint density at radius 1 is 1.03 bits per heavy atom. The first-order valence-electron chi connectivity index (χ1n) is 12.0. The van der Waals surface area contributed by atoms with Gasteiger partial charge in [-0.3, -0.25) is 0 Å². The van der Waals surface area contributed by atoms with Gasteiger partial charge in [-0.15, -0.1) is 6.58 Å². The number of benzene rings is 2. The predicted molar refractivity (Wildman–Crippen MR) is 137 cm³/mol. The van der Waals surface area contributed by atoms with Gasteiger partial charge in [-0.1, -0.05) is 108 Å². The van der Waals surface area contributed by atoms with Crippen LogP contribution in [0.1, 0.15) is 67.2 Å². The van der Waals surface area contributed by atoms with E-state index >= 15 is 0 Å². The maximum atomic E-state index is 12.4. The molecule has 3 rings (SSSR count). The third-order valence-corrected chi connectivity index (χ3v) is 13.9. The fourth-order valence-corrected chi connectivity index (χ4v) is 9.98. The van der Waals surface area contributed by atoms with Gasteiger partial charge in [-0.25, -0.2) is 0 Å². The lowest BCUT2D eigenvalue weighted by Crippen LogP contribution is -2.65. The normalized spacial score (nSPS) is 24.7. The highest BCUT2D eigenvalue weighted by Crippen LogP contribution is 2.61. The zero-order chi connectivity index (χ0) is 22.9. The number of hydrogen-bond donors (Lipinski definition) is 1. The summed E-state index contributed by atoms with van der Waals surface area (Å²) in [4.78, 5) is 12.4. The first-order valence-corrected chi connectivity index (χ1v) is 13.9. The topological polar surface area (TPSA) is 20.2 Å². The largest absolute Gasteiger partial charge is 0.424 e. The molecule has 1 N–H and O–H groups in total. The molecule has 0 heterocycles. The lowest BCUT2D eigenvalue weighted by Gasteiger charge is -2.47. The average Bonchev–Trinajstić information content (AvgIpc) is 3.01. The van der Waals surface area contributed by atoms with Crippen LogP contribution in [0.2, 0.25) is 5.04 Å². The number of hydrogen-bond acceptors (Lipinski definition) is 1. The summed E-state index contributed by atoms with van der Waals surface area (Å²) in [5, 5.41) is 2.05. The molecule has 1 saturated carbocycles. The minimum absolute atomic E-state index is 0.172. The fraction of sp³-hybridized carbons (Fsp3) is 0.517. The van der Waals surface area contributed by atoms with E-state index in [0.29, 0.717) is 11.8 Å². The zero-order valence-electron chi connectivity index (χ0n) is 20.5.